The Kier molecular flexibility index (Phi) is 7.17. The Hall–Kier alpha value is -4.20. The molecular formula is C26H23F2N3O3. The van der Waals surface area contributed by atoms with E-state index in [-0.39, 0.29) is 5.82 Å². The van der Waals surface area contributed by atoms with Gasteiger partial charge in [-0.2, -0.15) is 5.10 Å². The number of anilines is 1. The SMILES string of the molecule is COc1ccc(COc2ccc(CCn3ccc(NC(=O)c4c(F)cccc4F)n3)cc2)cc1. The lowest BCUT2D eigenvalue weighted by Gasteiger charge is -2.08. The quantitative estimate of drug-likeness (QED) is 0.369. The van der Waals surface area contributed by atoms with Gasteiger partial charge in [-0.1, -0.05) is 30.3 Å². The van der Waals surface area contributed by atoms with Gasteiger partial charge in [-0.25, -0.2) is 8.78 Å². The van der Waals surface area contributed by atoms with Crippen molar-refractivity contribution < 1.29 is 23.0 Å². The van der Waals surface area contributed by atoms with Gasteiger partial charge in [0.15, 0.2) is 5.82 Å². The highest BCUT2D eigenvalue weighted by molar-refractivity contribution is 6.04. The highest BCUT2D eigenvalue weighted by Gasteiger charge is 2.17. The van der Waals surface area contributed by atoms with Crippen LogP contribution in [-0.4, -0.2) is 22.8 Å². The van der Waals surface area contributed by atoms with E-state index in [0.717, 1.165) is 34.8 Å². The molecule has 4 rings (SSSR count). The molecule has 1 heterocycles. The molecule has 1 aromatic heterocycles. The number of hydrogen-bond donors (Lipinski definition) is 1. The van der Waals surface area contributed by atoms with Crippen LogP contribution in [0.1, 0.15) is 21.5 Å². The molecule has 0 atom stereocenters. The Morgan fingerprint density at radius 3 is 2.24 bits per heavy atom. The maximum absolute atomic E-state index is 13.8. The van der Waals surface area contributed by atoms with Gasteiger partial charge >= 0.3 is 0 Å². The number of nitrogens with zero attached hydrogens (tertiary/aromatic N) is 2. The van der Waals surface area contributed by atoms with E-state index in [2.05, 4.69) is 10.4 Å². The van der Waals surface area contributed by atoms with Gasteiger partial charge in [-0.15, -0.1) is 0 Å². The summed E-state index contributed by atoms with van der Waals surface area (Å²) in [6.07, 6.45) is 2.40. The van der Waals surface area contributed by atoms with Gasteiger partial charge in [0, 0.05) is 18.8 Å². The topological polar surface area (TPSA) is 65.4 Å². The van der Waals surface area contributed by atoms with E-state index in [1.807, 2.05) is 48.5 Å². The monoisotopic (exact) mass is 463 g/mol. The zero-order valence-corrected chi connectivity index (χ0v) is 18.5. The number of nitrogens with one attached hydrogen (secondary N) is 1. The summed E-state index contributed by atoms with van der Waals surface area (Å²) in [5.41, 5.74) is 1.50. The summed E-state index contributed by atoms with van der Waals surface area (Å²) in [4.78, 5) is 12.2. The van der Waals surface area contributed by atoms with Crippen LogP contribution in [0.3, 0.4) is 0 Å². The van der Waals surface area contributed by atoms with E-state index in [1.165, 1.54) is 6.07 Å². The number of aromatic nitrogens is 2. The number of rotatable bonds is 9. The van der Waals surface area contributed by atoms with Gasteiger partial charge in [0.2, 0.25) is 0 Å². The van der Waals surface area contributed by atoms with Gasteiger partial charge in [0.05, 0.1) is 7.11 Å². The van der Waals surface area contributed by atoms with Crippen LogP contribution in [0.15, 0.2) is 79.0 Å². The molecule has 0 spiro atoms. The Balaban J connectivity index is 1.27. The molecule has 0 fully saturated rings. The molecule has 0 aliphatic rings. The van der Waals surface area contributed by atoms with Crippen molar-refractivity contribution in [2.45, 2.75) is 19.6 Å². The number of benzene rings is 3. The molecule has 0 radical (unpaired) electrons. The number of methoxy groups -OCH3 is 1. The minimum Gasteiger partial charge on any atom is -0.497 e. The second kappa shape index (κ2) is 10.6. The standard InChI is InChI=1S/C26H23F2N3O3/c1-33-20-9-7-19(8-10-20)17-34-21-11-5-18(6-12-21)13-15-31-16-14-24(30-31)29-26(32)25-22(27)3-2-4-23(25)28/h2-12,14,16H,13,15,17H2,1H3,(H,29,30,32). The molecule has 0 unspecified atom stereocenters. The predicted octanol–water partition coefficient (Wildman–Crippen LogP) is 5.24. The smallest absolute Gasteiger partial charge is 0.262 e. The normalized spacial score (nSPS) is 10.7. The summed E-state index contributed by atoms with van der Waals surface area (Å²) in [6.45, 7) is 1.03. The van der Waals surface area contributed by atoms with Gasteiger partial charge in [-0.05, 0) is 53.9 Å². The van der Waals surface area contributed by atoms with Crippen LogP contribution in [-0.2, 0) is 19.6 Å². The van der Waals surface area contributed by atoms with Crippen LogP contribution in [0, 0.1) is 11.6 Å². The van der Waals surface area contributed by atoms with Crippen molar-refractivity contribution in [2.24, 2.45) is 0 Å². The first-order valence-corrected chi connectivity index (χ1v) is 10.7. The first-order valence-electron chi connectivity index (χ1n) is 10.7. The Bertz CT molecular complexity index is 1240. The third-order valence-corrected chi connectivity index (χ3v) is 5.19. The molecule has 3 aromatic carbocycles. The Morgan fingerprint density at radius 2 is 1.56 bits per heavy atom. The summed E-state index contributed by atoms with van der Waals surface area (Å²) < 4.78 is 40.2. The molecule has 0 saturated heterocycles. The van der Waals surface area contributed by atoms with Crippen LogP contribution in [0.2, 0.25) is 0 Å². The summed E-state index contributed by atoms with van der Waals surface area (Å²) in [6, 6.07) is 20.3. The maximum atomic E-state index is 13.8. The summed E-state index contributed by atoms with van der Waals surface area (Å²) >= 11 is 0. The van der Waals surface area contributed by atoms with Crippen LogP contribution in [0.4, 0.5) is 14.6 Å². The fourth-order valence-electron chi connectivity index (χ4n) is 3.33. The van der Waals surface area contributed by atoms with Crippen LogP contribution >= 0.6 is 0 Å². The molecule has 6 nitrogen and oxygen atoms in total. The second-order valence-corrected chi connectivity index (χ2v) is 7.55. The minimum absolute atomic E-state index is 0.218. The predicted molar refractivity (Wildman–Crippen MR) is 124 cm³/mol. The lowest BCUT2D eigenvalue weighted by atomic mass is 10.1. The van der Waals surface area contributed by atoms with Gasteiger partial charge < -0.3 is 14.8 Å². The number of ether oxygens (including phenoxy) is 2. The number of carbonyl (C=O) groups is 1. The average molecular weight is 463 g/mol. The molecule has 0 saturated carbocycles. The van der Waals surface area contributed by atoms with Crippen molar-refractivity contribution >= 4 is 11.7 Å². The molecule has 0 bridgehead atoms. The van der Waals surface area contributed by atoms with Crippen molar-refractivity contribution in [1.29, 1.82) is 0 Å². The number of hydrogen-bond acceptors (Lipinski definition) is 4. The molecule has 4 aromatic rings. The van der Waals surface area contributed by atoms with Crippen molar-refractivity contribution in [2.75, 3.05) is 12.4 Å². The van der Waals surface area contributed by atoms with Gasteiger partial charge in [-0.3, -0.25) is 9.48 Å². The van der Waals surface area contributed by atoms with Gasteiger partial charge in [0.1, 0.15) is 35.3 Å². The third kappa shape index (κ3) is 5.78. The van der Waals surface area contributed by atoms with E-state index in [1.54, 1.807) is 24.1 Å². The van der Waals surface area contributed by atoms with E-state index in [0.29, 0.717) is 19.6 Å². The summed E-state index contributed by atoms with van der Waals surface area (Å²) in [5, 5.41) is 6.67. The van der Waals surface area contributed by atoms with E-state index in [9.17, 15) is 13.6 Å². The van der Waals surface area contributed by atoms with Crippen molar-refractivity contribution in [3.8, 4) is 11.5 Å². The first-order chi connectivity index (χ1) is 16.5. The third-order valence-electron chi connectivity index (χ3n) is 5.19. The zero-order valence-electron chi connectivity index (χ0n) is 18.5. The summed E-state index contributed by atoms with van der Waals surface area (Å²) in [7, 11) is 1.63. The highest BCUT2D eigenvalue weighted by atomic mass is 19.1. The number of amides is 1. The van der Waals surface area contributed by atoms with E-state index >= 15 is 0 Å². The van der Waals surface area contributed by atoms with Gasteiger partial charge in [0.25, 0.3) is 5.91 Å². The lowest BCUT2D eigenvalue weighted by molar-refractivity contribution is 0.101. The molecule has 8 heteroatoms. The molecular weight excluding hydrogens is 440 g/mol. The van der Waals surface area contributed by atoms with E-state index < -0.39 is 23.1 Å². The first kappa shape index (κ1) is 23.0. The Labute approximate surface area is 195 Å². The second-order valence-electron chi connectivity index (χ2n) is 7.55. The number of carbonyl (C=O) groups excluding carboxylic acids is 1. The molecule has 34 heavy (non-hydrogen) atoms. The zero-order chi connectivity index (χ0) is 23.9. The fourth-order valence-corrected chi connectivity index (χ4v) is 3.33. The van der Waals surface area contributed by atoms with Crippen LogP contribution in [0.5, 0.6) is 11.5 Å². The number of aryl methyl sites for hydroxylation is 2. The van der Waals surface area contributed by atoms with Crippen LogP contribution < -0.4 is 14.8 Å². The molecule has 0 aliphatic carbocycles. The maximum Gasteiger partial charge on any atom is 0.262 e. The molecule has 0 aliphatic heterocycles. The van der Waals surface area contributed by atoms with E-state index in [4.69, 9.17) is 9.47 Å². The van der Waals surface area contributed by atoms with Crippen molar-refractivity contribution in [3.63, 3.8) is 0 Å². The van der Waals surface area contributed by atoms with Crippen molar-refractivity contribution in [3.05, 3.63) is 107 Å². The molecule has 1 amide bonds. The fraction of sp³-hybridized carbons (Fsp3) is 0.154. The number of halogens is 2. The summed E-state index contributed by atoms with van der Waals surface area (Å²) in [5.74, 6) is -0.939. The molecule has 174 valence electrons. The Morgan fingerprint density at radius 1 is 0.912 bits per heavy atom. The highest BCUT2D eigenvalue weighted by Crippen LogP contribution is 2.18. The molecule has 1 N–H and O–H groups in total. The largest absolute Gasteiger partial charge is 0.497 e. The van der Waals surface area contributed by atoms with Crippen LogP contribution in [0.25, 0.3) is 0 Å². The van der Waals surface area contributed by atoms with Crippen molar-refractivity contribution in [1.82, 2.24) is 9.78 Å². The average Bonchev–Trinajstić information content (AvgIpc) is 3.29. The minimum atomic E-state index is -0.923. The lowest BCUT2D eigenvalue weighted by Crippen LogP contribution is -2.16.